The lowest BCUT2D eigenvalue weighted by atomic mass is 9.79. The lowest BCUT2D eigenvalue weighted by Gasteiger charge is -2.49. The molecular formula is C13H32N4O. The van der Waals surface area contributed by atoms with E-state index in [-0.39, 0.29) is 23.8 Å². The third kappa shape index (κ3) is 5.20. The van der Waals surface area contributed by atoms with Gasteiger partial charge in [0.1, 0.15) is 0 Å². The van der Waals surface area contributed by atoms with Crippen molar-refractivity contribution in [3.63, 3.8) is 0 Å². The second-order valence-electron chi connectivity index (χ2n) is 6.37. The van der Waals surface area contributed by atoms with Crippen LogP contribution in [0.1, 0.15) is 47.5 Å². The first kappa shape index (κ1) is 17.8. The van der Waals surface area contributed by atoms with E-state index in [1.165, 1.54) is 0 Å². The summed E-state index contributed by atoms with van der Waals surface area (Å²) >= 11 is 0. The number of piperidine rings is 1. The van der Waals surface area contributed by atoms with Crippen LogP contribution in [0.3, 0.4) is 0 Å². The Balaban J connectivity index is 0.00000289. The molecule has 5 heteroatoms. The minimum absolute atomic E-state index is 0. The van der Waals surface area contributed by atoms with Crippen LogP contribution in [-0.4, -0.2) is 46.9 Å². The monoisotopic (exact) mass is 260 g/mol. The number of hydrogen-bond acceptors (Lipinski definition) is 5. The highest BCUT2D eigenvalue weighted by Crippen LogP contribution is 2.30. The Labute approximate surface area is 112 Å². The van der Waals surface area contributed by atoms with Gasteiger partial charge in [0.2, 0.25) is 0 Å². The topological polar surface area (TPSA) is 82.5 Å². The third-order valence-electron chi connectivity index (χ3n) is 3.38. The van der Waals surface area contributed by atoms with Crippen LogP contribution in [0.25, 0.3) is 0 Å². The molecule has 18 heavy (non-hydrogen) atoms. The SMILES string of the molecule is CCN(NCCO)C1CC(C)(C)NC(C)(C)C1.N. The van der Waals surface area contributed by atoms with Gasteiger partial charge in [-0.1, -0.05) is 6.92 Å². The van der Waals surface area contributed by atoms with Crippen LogP contribution in [0.2, 0.25) is 0 Å². The third-order valence-corrected chi connectivity index (χ3v) is 3.38. The highest BCUT2D eigenvalue weighted by Gasteiger charge is 2.39. The molecule has 0 aromatic rings. The Bertz CT molecular complexity index is 227. The quantitative estimate of drug-likeness (QED) is 0.560. The van der Waals surface area contributed by atoms with E-state index in [0.717, 1.165) is 19.4 Å². The second-order valence-corrected chi connectivity index (χ2v) is 6.37. The summed E-state index contributed by atoms with van der Waals surface area (Å²) in [6, 6.07) is 0.526. The van der Waals surface area contributed by atoms with Crippen molar-refractivity contribution < 1.29 is 5.11 Å². The molecule has 0 aromatic carbocycles. The zero-order chi connectivity index (χ0) is 13.1. The fourth-order valence-electron chi connectivity index (χ4n) is 3.18. The van der Waals surface area contributed by atoms with Crippen molar-refractivity contribution in [3.8, 4) is 0 Å². The van der Waals surface area contributed by atoms with E-state index in [2.05, 4.69) is 50.4 Å². The van der Waals surface area contributed by atoms with E-state index in [1.54, 1.807) is 0 Å². The largest absolute Gasteiger partial charge is 0.395 e. The Kier molecular flexibility index (Phi) is 6.74. The van der Waals surface area contributed by atoms with E-state index in [0.29, 0.717) is 12.6 Å². The Morgan fingerprint density at radius 3 is 2.11 bits per heavy atom. The fraction of sp³-hybridized carbons (Fsp3) is 1.00. The van der Waals surface area contributed by atoms with Crippen molar-refractivity contribution >= 4 is 0 Å². The predicted molar refractivity (Wildman–Crippen MR) is 76.8 cm³/mol. The molecule has 1 rings (SSSR count). The van der Waals surface area contributed by atoms with Crippen LogP contribution in [0.5, 0.6) is 0 Å². The molecule has 1 fully saturated rings. The van der Waals surface area contributed by atoms with Gasteiger partial charge in [0.15, 0.2) is 0 Å². The normalized spacial score (nSPS) is 22.8. The van der Waals surface area contributed by atoms with Crippen molar-refractivity contribution in [1.82, 2.24) is 21.9 Å². The van der Waals surface area contributed by atoms with Gasteiger partial charge in [-0.25, -0.2) is 5.01 Å². The Morgan fingerprint density at radius 1 is 1.22 bits per heavy atom. The number of aliphatic hydroxyl groups excluding tert-OH is 1. The van der Waals surface area contributed by atoms with Crippen molar-refractivity contribution in [2.24, 2.45) is 0 Å². The van der Waals surface area contributed by atoms with E-state index in [4.69, 9.17) is 5.11 Å². The van der Waals surface area contributed by atoms with Crippen LogP contribution < -0.4 is 16.9 Å². The minimum Gasteiger partial charge on any atom is -0.395 e. The molecule has 6 N–H and O–H groups in total. The Hall–Kier alpha value is -0.200. The molecule has 1 aliphatic rings. The summed E-state index contributed by atoms with van der Waals surface area (Å²) in [6.07, 6.45) is 2.26. The molecule has 1 aliphatic heterocycles. The lowest BCUT2D eigenvalue weighted by Crippen LogP contribution is -2.63. The van der Waals surface area contributed by atoms with Gasteiger partial charge in [0, 0.05) is 30.2 Å². The van der Waals surface area contributed by atoms with Gasteiger partial charge >= 0.3 is 0 Å². The number of hydrogen-bond donors (Lipinski definition) is 4. The zero-order valence-electron chi connectivity index (χ0n) is 12.7. The molecule has 0 saturated carbocycles. The standard InChI is InChI=1S/C13H29N3O.H3N/c1-6-16(14-7-8-17)11-9-12(2,3)15-13(4,5)10-11;/h11,14-15,17H,6-10H2,1-5H3;1H3. The van der Waals surface area contributed by atoms with Crippen LogP contribution >= 0.6 is 0 Å². The molecule has 0 atom stereocenters. The first-order valence-corrected chi connectivity index (χ1v) is 6.70. The average molecular weight is 260 g/mol. The molecule has 0 aliphatic carbocycles. The van der Waals surface area contributed by atoms with Gasteiger partial charge in [-0.05, 0) is 40.5 Å². The van der Waals surface area contributed by atoms with Crippen LogP contribution in [0.15, 0.2) is 0 Å². The summed E-state index contributed by atoms with van der Waals surface area (Å²) in [5, 5.41) is 14.9. The molecule has 0 amide bonds. The summed E-state index contributed by atoms with van der Waals surface area (Å²) < 4.78 is 0. The smallest absolute Gasteiger partial charge is 0.0570 e. The molecule has 1 heterocycles. The van der Waals surface area contributed by atoms with Crippen LogP contribution in [0, 0.1) is 0 Å². The molecule has 0 bridgehead atoms. The lowest BCUT2D eigenvalue weighted by molar-refractivity contribution is 0.0328. The van der Waals surface area contributed by atoms with Crippen molar-refractivity contribution in [2.75, 3.05) is 19.7 Å². The Morgan fingerprint density at radius 2 is 1.72 bits per heavy atom. The maximum Gasteiger partial charge on any atom is 0.0570 e. The maximum absolute atomic E-state index is 8.91. The molecule has 1 saturated heterocycles. The minimum atomic E-state index is 0. The summed E-state index contributed by atoms with van der Waals surface area (Å²) in [6.45, 7) is 13.0. The molecule has 0 spiro atoms. The van der Waals surface area contributed by atoms with Crippen molar-refractivity contribution in [2.45, 2.75) is 64.6 Å². The molecule has 5 nitrogen and oxygen atoms in total. The van der Waals surface area contributed by atoms with E-state index >= 15 is 0 Å². The highest BCUT2D eigenvalue weighted by molar-refractivity contribution is 4.99. The molecular weight excluding hydrogens is 228 g/mol. The van der Waals surface area contributed by atoms with E-state index in [9.17, 15) is 0 Å². The number of aliphatic hydroxyl groups is 1. The predicted octanol–water partition coefficient (Wildman–Crippen LogP) is 1.28. The highest BCUT2D eigenvalue weighted by atomic mass is 16.3. The average Bonchev–Trinajstić information content (AvgIpc) is 2.14. The van der Waals surface area contributed by atoms with Gasteiger partial charge in [-0.2, -0.15) is 0 Å². The molecule has 0 unspecified atom stereocenters. The van der Waals surface area contributed by atoms with E-state index in [1.807, 2.05) is 0 Å². The second kappa shape index (κ2) is 6.82. The summed E-state index contributed by atoms with van der Waals surface area (Å²) in [7, 11) is 0. The van der Waals surface area contributed by atoms with E-state index < -0.39 is 0 Å². The van der Waals surface area contributed by atoms with Crippen molar-refractivity contribution in [3.05, 3.63) is 0 Å². The van der Waals surface area contributed by atoms with Crippen molar-refractivity contribution in [1.29, 1.82) is 0 Å². The van der Waals surface area contributed by atoms with Crippen LogP contribution in [-0.2, 0) is 0 Å². The first-order chi connectivity index (χ1) is 7.79. The number of hydrazine groups is 1. The van der Waals surface area contributed by atoms with Gasteiger partial charge in [-0.15, -0.1) is 0 Å². The number of rotatable bonds is 5. The molecule has 110 valence electrons. The maximum atomic E-state index is 8.91. The number of nitrogens with zero attached hydrogens (tertiary/aromatic N) is 1. The van der Waals surface area contributed by atoms with Crippen LogP contribution in [0.4, 0.5) is 0 Å². The summed E-state index contributed by atoms with van der Waals surface area (Å²) in [5.41, 5.74) is 3.65. The fourth-order valence-corrected chi connectivity index (χ4v) is 3.18. The summed E-state index contributed by atoms with van der Waals surface area (Å²) in [4.78, 5) is 0. The molecule has 0 aromatic heterocycles. The van der Waals surface area contributed by atoms with Gasteiger partial charge in [-0.3, -0.25) is 5.43 Å². The van der Waals surface area contributed by atoms with Gasteiger partial charge in [0.05, 0.1) is 6.61 Å². The van der Waals surface area contributed by atoms with Gasteiger partial charge in [0.25, 0.3) is 0 Å². The molecule has 0 radical (unpaired) electrons. The first-order valence-electron chi connectivity index (χ1n) is 6.70. The van der Waals surface area contributed by atoms with Gasteiger partial charge < -0.3 is 16.6 Å². The summed E-state index contributed by atoms with van der Waals surface area (Å²) in [5.74, 6) is 0. The number of nitrogens with one attached hydrogen (secondary N) is 2. The zero-order valence-corrected chi connectivity index (χ0v) is 12.7.